The summed E-state index contributed by atoms with van der Waals surface area (Å²) < 4.78 is 0. The molecule has 2 rings (SSSR count). The van der Waals surface area contributed by atoms with E-state index in [0.29, 0.717) is 6.54 Å². The molecular formula is C17H27N3O. The summed E-state index contributed by atoms with van der Waals surface area (Å²) in [6.45, 7) is 9.64. The van der Waals surface area contributed by atoms with Crippen molar-refractivity contribution in [1.82, 2.24) is 4.90 Å². The molecule has 1 aromatic carbocycles. The fraction of sp³-hybridized carbons (Fsp3) is 0.588. The van der Waals surface area contributed by atoms with E-state index >= 15 is 0 Å². The third-order valence-corrected chi connectivity index (χ3v) is 4.11. The van der Waals surface area contributed by atoms with E-state index in [9.17, 15) is 4.79 Å². The molecule has 116 valence electrons. The minimum atomic E-state index is 0.190. The molecule has 4 heteroatoms. The SMILES string of the molecule is CC(C)N(C(=O)CN1CCCc2c(N)cccc21)C(C)C. The lowest BCUT2D eigenvalue weighted by Crippen LogP contribution is -2.48. The van der Waals surface area contributed by atoms with Crippen molar-refractivity contribution in [3.8, 4) is 0 Å². The summed E-state index contributed by atoms with van der Waals surface area (Å²) in [5.41, 5.74) is 9.23. The molecule has 0 radical (unpaired) electrons. The fourth-order valence-corrected chi connectivity index (χ4v) is 3.31. The Morgan fingerprint density at radius 3 is 2.57 bits per heavy atom. The van der Waals surface area contributed by atoms with Gasteiger partial charge in [-0.3, -0.25) is 4.79 Å². The summed E-state index contributed by atoms with van der Waals surface area (Å²) in [4.78, 5) is 16.8. The van der Waals surface area contributed by atoms with Crippen LogP contribution in [0.5, 0.6) is 0 Å². The third-order valence-electron chi connectivity index (χ3n) is 4.11. The summed E-state index contributed by atoms with van der Waals surface area (Å²) in [6.07, 6.45) is 2.06. The van der Waals surface area contributed by atoms with Gasteiger partial charge in [0.25, 0.3) is 0 Å². The molecule has 1 aliphatic heterocycles. The van der Waals surface area contributed by atoms with Gasteiger partial charge in [-0.1, -0.05) is 6.07 Å². The molecule has 0 atom stereocenters. The Hall–Kier alpha value is -1.71. The number of nitrogens with zero attached hydrogens (tertiary/aromatic N) is 2. The van der Waals surface area contributed by atoms with Crippen LogP contribution >= 0.6 is 0 Å². The van der Waals surface area contributed by atoms with E-state index in [1.165, 1.54) is 5.56 Å². The molecule has 2 N–H and O–H groups in total. The Bertz CT molecular complexity index is 503. The first-order valence-electron chi connectivity index (χ1n) is 7.85. The number of carbonyl (C=O) groups excluding carboxylic acids is 1. The number of benzene rings is 1. The van der Waals surface area contributed by atoms with Crippen LogP contribution in [0.2, 0.25) is 0 Å². The van der Waals surface area contributed by atoms with E-state index < -0.39 is 0 Å². The highest BCUT2D eigenvalue weighted by atomic mass is 16.2. The molecule has 0 aromatic heterocycles. The molecule has 0 aliphatic carbocycles. The number of amides is 1. The molecule has 21 heavy (non-hydrogen) atoms. The van der Waals surface area contributed by atoms with Gasteiger partial charge in [0, 0.05) is 30.0 Å². The van der Waals surface area contributed by atoms with Crippen LogP contribution in [-0.2, 0) is 11.2 Å². The van der Waals surface area contributed by atoms with Crippen LogP contribution in [-0.4, -0.2) is 36.0 Å². The van der Waals surface area contributed by atoms with Crippen LogP contribution in [0.15, 0.2) is 18.2 Å². The zero-order chi connectivity index (χ0) is 15.6. The highest BCUT2D eigenvalue weighted by Gasteiger charge is 2.25. The maximum absolute atomic E-state index is 12.6. The molecule has 1 heterocycles. The van der Waals surface area contributed by atoms with Gasteiger partial charge < -0.3 is 15.5 Å². The van der Waals surface area contributed by atoms with Gasteiger partial charge in [0.2, 0.25) is 5.91 Å². The highest BCUT2D eigenvalue weighted by molar-refractivity contribution is 5.83. The molecule has 0 bridgehead atoms. The van der Waals surface area contributed by atoms with Gasteiger partial charge in [-0.15, -0.1) is 0 Å². The summed E-state index contributed by atoms with van der Waals surface area (Å²) in [7, 11) is 0. The van der Waals surface area contributed by atoms with Crippen LogP contribution in [0.1, 0.15) is 39.7 Å². The summed E-state index contributed by atoms with van der Waals surface area (Å²) in [6, 6.07) is 6.44. The van der Waals surface area contributed by atoms with E-state index in [2.05, 4.69) is 38.7 Å². The smallest absolute Gasteiger partial charge is 0.242 e. The van der Waals surface area contributed by atoms with Gasteiger partial charge >= 0.3 is 0 Å². The number of fused-ring (bicyclic) bond motifs is 1. The van der Waals surface area contributed by atoms with E-state index in [0.717, 1.165) is 30.8 Å². The largest absolute Gasteiger partial charge is 0.398 e. The molecule has 0 fully saturated rings. The van der Waals surface area contributed by atoms with Crippen molar-refractivity contribution in [2.75, 3.05) is 23.7 Å². The number of carbonyl (C=O) groups is 1. The molecule has 1 aliphatic rings. The van der Waals surface area contributed by atoms with Crippen LogP contribution in [0, 0.1) is 0 Å². The van der Waals surface area contributed by atoms with Gasteiger partial charge in [-0.05, 0) is 58.2 Å². The minimum Gasteiger partial charge on any atom is -0.398 e. The van der Waals surface area contributed by atoms with Crippen LogP contribution < -0.4 is 10.6 Å². The molecule has 4 nitrogen and oxygen atoms in total. The Morgan fingerprint density at radius 1 is 1.29 bits per heavy atom. The van der Waals surface area contributed by atoms with Crippen molar-refractivity contribution >= 4 is 17.3 Å². The van der Waals surface area contributed by atoms with Crippen molar-refractivity contribution in [2.45, 2.75) is 52.6 Å². The maximum atomic E-state index is 12.6. The topological polar surface area (TPSA) is 49.6 Å². The fourth-order valence-electron chi connectivity index (χ4n) is 3.31. The Morgan fingerprint density at radius 2 is 1.95 bits per heavy atom. The molecule has 1 amide bonds. The first-order chi connectivity index (χ1) is 9.91. The quantitative estimate of drug-likeness (QED) is 0.867. The number of nitrogen functional groups attached to an aromatic ring is 1. The number of anilines is 2. The van der Waals surface area contributed by atoms with Crippen molar-refractivity contribution < 1.29 is 4.79 Å². The van der Waals surface area contributed by atoms with Crippen LogP contribution in [0.4, 0.5) is 11.4 Å². The summed E-state index contributed by atoms with van der Waals surface area (Å²) >= 11 is 0. The Balaban J connectivity index is 2.18. The van der Waals surface area contributed by atoms with Gasteiger partial charge in [-0.2, -0.15) is 0 Å². The van der Waals surface area contributed by atoms with Gasteiger partial charge in [0.15, 0.2) is 0 Å². The number of rotatable bonds is 4. The van der Waals surface area contributed by atoms with Gasteiger partial charge in [-0.25, -0.2) is 0 Å². The van der Waals surface area contributed by atoms with Gasteiger partial charge in [0.1, 0.15) is 0 Å². The molecule has 1 aromatic rings. The normalized spacial score (nSPS) is 14.5. The van der Waals surface area contributed by atoms with Crippen LogP contribution in [0.3, 0.4) is 0 Å². The van der Waals surface area contributed by atoms with Crippen molar-refractivity contribution in [2.24, 2.45) is 0 Å². The molecule has 0 unspecified atom stereocenters. The summed E-state index contributed by atoms with van der Waals surface area (Å²) in [5.74, 6) is 0.190. The first kappa shape index (κ1) is 15.7. The number of hydrogen-bond acceptors (Lipinski definition) is 3. The average Bonchev–Trinajstić information content (AvgIpc) is 2.39. The minimum absolute atomic E-state index is 0.190. The van der Waals surface area contributed by atoms with E-state index in [1.54, 1.807) is 0 Å². The lowest BCUT2D eigenvalue weighted by Gasteiger charge is -2.36. The molecule has 0 spiro atoms. The predicted octanol–water partition coefficient (Wildman–Crippen LogP) is 2.67. The Labute approximate surface area is 127 Å². The highest BCUT2D eigenvalue weighted by Crippen LogP contribution is 2.31. The second-order valence-electron chi connectivity index (χ2n) is 6.36. The van der Waals surface area contributed by atoms with Crippen molar-refractivity contribution in [1.29, 1.82) is 0 Å². The lowest BCUT2D eigenvalue weighted by molar-refractivity contribution is -0.133. The second-order valence-corrected chi connectivity index (χ2v) is 6.36. The molecular weight excluding hydrogens is 262 g/mol. The van der Waals surface area contributed by atoms with E-state index in [4.69, 9.17) is 5.73 Å². The monoisotopic (exact) mass is 289 g/mol. The number of nitrogens with two attached hydrogens (primary N) is 1. The van der Waals surface area contributed by atoms with Crippen molar-refractivity contribution in [3.63, 3.8) is 0 Å². The molecule has 0 saturated heterocycles. The van der Waals surface area contributed by atoms with E-state index in [1.807, 2.05) is 17.0 Å². The standard InChI is InChI=1S/C17H27N3O/c1-12(2)20(13(3)4)17(21)11-19-10-6-7-14-15(18)8-5-9-16(14)19/h5,8-9,12-13H,6-7,10-11,18H2,1-4H3. The zero-order valence-electron chi connectivity index (χ0n) is 13.6. The Kier molecular flexibility index (Phi) is 4.76. The average molecular weight is 289 g/mol. The third kappa shape index (κ3) is 3.31. The first-order valence-corrected chi connectivity index (χ1v) is 7.85. The summed E-state index contributed by atoms with van der Waals surface area (Å²) in [5, 5.41) is 0. The lowest BCUT2D eigenvalue weighted by atomic mass is 10.00. The van der Waals surface area contributed by atoms with Gasteiger partial charge in [0.05, 0.1) is 6.54 Å². The second kappa shape index (κ2) is 6.37. The maximum Gasteiger partial charge on any atom is 0.242 e. The van der Waals surface area contributed by atoms with Crippen molar-refractivity contribution in [3.05, 3.63) is 23.8 Å². The predicted molar refractivity (Wildman–Crippen MR) is 88.5 cm³/mol. The van der Waals surface area contributed by atoms with Crippen LogP contribution in [0.25, 0.3) is 0 Å². The van der Waals surface area contributed by atoms with E-state index in [-0.39, 0.29) is 18.0 Å². The molecule has 0 saturated carbocycles. The zero-order valence-corrected chi connectivity index (χ0v) is 13.6. The number of hydrogen-bond donors (Lipinski definition) is 1.